The van der Waals surface area contributed by atoms with Gasteiger partial charge in [0.15, 0.2) is 0 Å². The summed E-state index contributed by atoms with van der Waals surface area (Å²) in [6, 6.07) is 0.0840. The van der Waals surface area contributed by atoms with Gasteiger partial charge in [-0.1, -0.05) is 0 Å². The zero-order valence-corrected chi connectivity index (χ0v) is 13.8. The molecule has 2 heterocycles. The van der Waals surface area contributed by atoms with Gasteiger partial charge in [0.2, 0.25) is 23.6 Å². The summed E-state index contributed by atoms with van der Waals surface area (Å²) in [5, 5.41) is 2.89. The molecule has 23 heavy (non-hydrogen) atoms. The maximum absolute atomic E-state index is 12.3. The summed E-state index contributed by atoms with van der Waals surface area (Å²) in [5.74, 6) is -0.682. The molecule has 0 aliphatic carbocycles. The lowest BCUT2D eigenvalue weighted by atomic mass is 9.96. The Hall–Kier alpha value is -1.92. The number of likely N-dealkylation sites (tertiary alicyclic amines) is 2. The summed E-state index contributed by atoms with van der Waals surface area (Å²) >= 11 is 0. The third-order valence-corrected chi connectivity index (χ3v) is 4.28. The van der Waals surface area contributed by atoms with E-state index in [1.54, 1.807) is 4.90 Å². The van der Waals surface area contributed by atoms with E-state index >= 15 is 0 Å². The van der Waals surface area contributed by atoms with E-state index in [0.29, 0.717) is 13.1 Å². The molecule has 2 rings (SSSR count). The van der Waals surface area contributed by atoms with Crippen LogP contribution in [-0.4, -0.2) is 59.1 Å². The minimum atomic E-state index is -0.198. The van der Waals surface area contributed by atoms with E-state index in [9.17, 15) is 19.2 Å². The number of hydrogen-bond donors (Lipinski definition) is 1. The minimum Gasteiger partial charge on any atom is -0.354 e. The van der Waals surface area contributed by atoms with Gasteiger partial charge in [0.25, 0.3) is 0 Å². The molecule has 0 aromatic rings. The minimum absolute atomic E-state index is 0.0117. The third-order valence-electron chi connectivity index (χ3n) is 4.28. The second kappa shape index (κ2) is 7.57. The van der Waals surface area contributed by atoms with E-state index in [0.717, 1.165) is 12.8 Å². The highest BCUT2D eigenvalue weighted by Gasteiger charge is 2.31. The van der Waals surface area contributed by atoms with Crippen LogP contribution >= 0.6 is 0 Å². The number of carbonyl (C=O) groups is 4. The van der Waals surface area contributed by atoms with Gasteiger partial charge in [-0.2, -0.15) is 0 Å². The van der Waals surface area contributed by atoms with Gasteiger partial charge in [0, 0.05) is 44.9 Å². The van der Waals surface area contributed by atoms with Crippen LogP contribution in [0.1, 0.15) is 46.0 Å². The number of piperidine rings is 1. The van der Waals surface area contributed by atoms with Gasteiger partial charge < -0.3 is 10.2 Å². The van der Waals surface area contributed by atoms with Gasteiger partial charge in [-0.3, -0.25) is 24.1 Å². The second-order valence-electron chi connectivity index (χ2n) is 6.53. The van der Waals surface area contributed by atoms with Crippen molar-refractivity contribution in [2.45, 2.75) is 52.0 Å². The molecule has 2 saturated heterocycles. The summed E-state index contributed by atoms with van der Waals surface area (Å²) in [6.07, 6.45) is 2.20. The number of nitrogens with zero attached hydrogens (tertiary/aromatic N) is 2. The van der Waals surface area contributed by atoms with Gasteiger partial charge in [0.1, 0.15) is 0 Å². The Morgan fingerprint density at radius 2 is 1.87 bits per heavy atom. The van der Waals surface area contributed by atoms with Crippen LogP contribution in [0.25, 0.3) is 0 Å². The number of hydrogen-bond acceptors (Lipinski definition) is 4. The van der Waals surface area contributed by atoms with E-state index in [2.05, 4.69) is 5.32 Å². The first-order chi connectivity index (χ1) is 10.9. The summed E-state index contributed by atoms with van der Waals surface area (Å²) in [7, 11) is 0. The molecule has 1 unspecified atom stereocenters. The second-order valence-corrected chi connectivity index (χ2v) is 6.53. The molecule has 0 aromatic heterocycles. The fourth-order valence-corrected chi connectivity index (χ4v) is 3.06. The van der Waals surface area contributed by atoms with Gasteiger partial charge in [0.05, 0.1) is 5.92 Å². The van der Waals surface area contributed by atoms with E-state index in [1.165, 1.54) is 4.90 Å². The average molecular weight is 323 g/mol. The molecule has 2 aliphatic heterocycles. The highest BCUT2D eigenvalue weighted by atomic mass is 16.2. The number of amides is 4. The van der Waals surface area contributed by atoms with Crippen molar-refractivity contribution >= 4 is 23.6 Å². The van der Waals surface area contributed by atoms with Crippen molar-refractivity contribution in [1.82, 2.24) is 15.1 Å². The summed E-state index contributed by atoms with van der Waals surface area (Å²) in [4.78, 5) is 50.3. The number of rotatable bonds is 5. The van der Waals surface area contributed by atoms with Gasteiger partial charge in [-0.05, 0) is 26.7 Å². The van der Waals surface area contributed by atoms with Crippen molar-refractivity contribution in [1.29, 1.82) is 0 Å². The number of imide groups is 1. The molecule has 7 nitrogen and oxygen atoms in total. The third kappa shape index (κ3) is 4.53. The van der Waals surface area contributed by atoms with Crippen molar-refractivity contribution in [2.75, 3.05) is 19.6 Å². The smallest absolute Gasteiger partial charge is 0.229 e. The molecule has 0 radical (unpaired) electrons. The molecule has 0 spiro atoms. The van der Waals surface area contributed by atoms with Crippen molar-refractivity contribution < 1.29 is 19.2 Å². The predicted octanol–water partition coefficient (Wildman–Crippen LogP) is 0.289. The average Bonchev–Trinajstić information content (AvgIpc) is 2.83. The molecular formula is C16H25N3O4. The van der Waals surface area contributed by atoms with Crippen molar-refractivity contribution in [3.8, 4) is 0 Å². The van der Waals surface area contributed by atoms with Crippen LogP contribution in [0.3, 0.4) is 0 Å². The summed E-state index contributed by atoms with van der Waals surface area (Å²) < 4.78 is 0. The SMILES string of the molecule is CC(C)NC(=O)C1CCCN(C(=O)CCN2C(=O)CCC2=O)C1. The van der Waals surface area contributed by atoms with Crippen LogP contribution in [0.15, 0.2) is 0 Å². The highest BCUT2D eigenvalue weighted by Crippen LogP contribution is 2.18. The van der Waals surface area contributed by atoms with Crippen LogP contribution < -0.4 is 5.32 Å². The molecule has 2 aliphatic rings. The first-order valence-electron chi connectivity index (χ1n) is 8.30. The first kappa shape index (κ1) is 17.4. The van der Waals surface area contributed by atoms with Crippen LogP contribution in [0.2, 0.25) is 0 Å². The molecule has 1 atom stereocenters. The van der Waals surface area contributed by atoms with Crippen LogP contribution in [0.4, 0.5) is 0 Å². The fourth-order valence-electron chi connectivity index (χ4n) is 3.06. The maximum atomic E-state index is 12.3. The molecule has 7 heteroatoms. The fraction of sp³-hybridized carbons (Fsp3) is 0.750. The van der Waals surface area contributed by atoms with E-state index in [4.69, 9.17) is 0 Å². The Kier molecular flexibility index (Phi) is 5.74. The monoisotopic (exact) mass is 323 g/mol. The quantitative estimate of drug-likeness (QED) is 0.737. The Morgan fingerprint density at radius 1 is 1.22 bits per heavy atom. The largest absolute Gasteiger partial charge is 0.354 e. The predicted molar refractivity (Wildman–Crippen MR) is 83.2 cm³/mol. The van der Waals surface area contributed by atoms with E-state index < -0.39 is 0 Å². The van der Waals surface area contributed by atoms with Crippen LogP contribution in [-0.2, 0) is 19.2 Å². The molecule has 0 saturated carbocycles. The first-order valence-corrected chi connectivity index (χ1v) is 8.30. The molecule has 1 N–H and O–H groups in total. The lowest BCUT2D eigenvalue weighted by Gasteiger charge is -2.32. The molecule has 2 fully saturated rings. The van der Waals surface area contributed by atoms with E-state index in [-0.39, 0.29) is 61.4 Å². The Balaban J connectivity index is 1.83. The van der Waals surface area contributed by atoms with E-state index in [1.807, 2.05) is 13.8 Å². The molecule has 128 valence electrons. The lowest BCUT2D eigenvalue weighted by Crippen LogP contribution is -2.47. The van der Waals surface area contributed by atoms with Crippen molar-refractivity contribution in [3.63, 3.8) is 0 Å². The standard InChI is InChI=1S/C16H25N3O4/c1-11(2)17-16(23)12-4-3-8-18(10-12)13(20)7-9-19-14(21)5-6-15(19)22/h11-12H,3-10H2,1-2H3,(H,17,23). The molecule has 0 bridgehead atoms. The molecule has 4 amide bonds. The normalized spacial score (nSPS) is 22.0. The zero-order valence-electron chi connectivity index (χ0n) is 13.8. The van der Waals surface area contributed by atoms with Gasteiger partial charge >= 0.3 is 0 Å². The van der Waals surface area contributed by atoms with Crippen LogP contribution in [0, 0.1) is 5.92 Å². The number of carbonyl (C=O) groups excluding carboxylic acids is 4. The molecule has 0 aromatic carbocycles. The Bertz CT molecular complexity index is 488. The van der Waals surface area contributed by atoms with Crippen molar-refractivity contribution in [2.24, 2.45) is 5.92 Å². The van der Waals surface area contributed by atoms with Crippen molar-refractivity contribution in [3.05, 3.63) is 0 Å². The summed E-state index contributed by atoms with van der Waals surface area (Å²) in [6.45, 7) is 5.02. The zero-order chi connectivity index (χ0) is 17.0. The van der Waals surface area contributed by atoms with Crippen LogP contribution in [0.5, 0.6) is 0 Å². The Morgan fingerprint density at radius 3 is 2.48 bits per heavy atom. The van der Waals surface area contributed by atoms with Gasteiger partial charge in [-0.25, -0.2) is 0 Å². The molecular weight excluding hydrogens is 298 g/mol. The topological polar surface area (TPSA) is 86.8 Å². The maximum Gasteiger partial charge on any atom is 0.229 e. The highest BCUT2D eigenvalue weighted by molar-refractivity contribution is 6.02. The summed E-state index contributed by atoms with van der Waals surface area (Å²) in [5.41, 5.74) is 0. The number of nitrogens with one attached hydrogen (secondary N) is 1. The lowest BCUT2D eigenvalue weighted by molar-refractivity contribution is -0.139. The van der Waals surface area contributed by atoms with Gasteiger partial charge in [-0.15, -0.1) is 0 Å². The Labute approximate surface area is 136 Å².